The molecule has 1 unspecified atom stereocenters. The maximum absolute atomic E-state index is 9.92. The number of phenols is 2. The zero-order valence-electron chi connectivity index (χ0n) is 9.83. The van der Waals surface area contributed by atoms with E-state index in [0.29, 0.717) is 5.56 Å². The molecule has 0 heterocycles. The summed E-state index contributed by atoms with van der Waals surface area (Å²) in [5, 5.41) is 19.8. The van der Waals surface area contributed by atoms with E-state index in [1.54, 1.807) is 12.1 Å². The Morgan fingerprint density at radius 3 is 2.31 bits per heavy atom. The smallest absolute Gasteiger partial charge is 0.123 e. The number of rotatable bonds is 1. The summed E-state index contributed by atoms with van der Waals surface area (Å²) in [5.74, 6) is 0.594. The molecule has 1 aromatic rings. The molecule has 0 aromatic heterocycles. The molecule has 0 fully saturated rings. The van der Waals surface area contributed by atoms with Crippen molar-refractivity contribution in [2.24, 2.45) is 0 Å². The van der Waals surface area contributed by atoms with Crippen molar-refractivity contribution < 1.29 is 10.2 Å². The third kappa shape index (κ3) is 2.06. The number of hydrogen-bond acceptors (Lipinski definition) is 2. The first-order chi connectivity index (χ1) is 7.58. The first-order valence-corrected chi connectivity index (χ1v) is 5.77. The van der Waals surface area contributed by atoms with Crippen LogP contribution in [0.25, 0.3) is 0 Å². The third-order valence-corrected chi connectivity index (χ3v) is 3.22. The fourth-order valence-electron chi connectivity index (χ4n) is 2.48. The van der Waals surface area contributed by atoms with Crippen LogP contribution in [0.3, 0.4) is 0 Å². The molecular weight excluding hydrogens is 200 g/mol. The van der Waals surface area contributed by atoms with E-state index in [4.69, 9.17) is 0 Å². The minimum atomic E-state index is 0.161. The fraction of sp³-hybridized carbons (Fsp3) is 0.429. The molecule has 1 atom stereocenters. The fourth-order valence-corrected chi connectivity index (χ4v) is 2.48. The second-order valence-electron chi connectivity index (χ2n) is 4.73. The molecule has 2 N–H and O–H groups in total. The predicted molar refractivity (Wildman–Crippen MR) is 64.9 cm³/mol. The van der Waals surface area contributed by atoms with Crippen molar-refractivity contribution in [1.82, 2.24) is 0 Å². The molecule has 2 nitrogen and oxygen atoms in total. The molecule has 0 bridgehead atoms. The Hall–Kier alpha value is -1.44. The number of aryl methyl sites for hydroxylation is 1. The Labute approximate surface area is 96.2 Å². The van der Waals surface area contributed by atoms with Gasteiger partial charge in [-0.1, -0.05) is 11.6 Å². The molecule has 2 rings (SSSR count). The highest BCUT2D eigenvalue weighted by molar-refractivity contribution is 5.50. The third-order valence-electron chi connectivity index (χ3n) is 3.22. The Morgan fingerprint density at radius 2 is 1.75 bits per heavy atom. The minimum Gasteiger partial charge on any atom is -0.507 e. The van der Waals surface area contributed by atoms with Gasteiger partial charge in [-0.05, 0) is 50.8 Å². The van der Waals surface area contributed by atoms with Gasteiger partial charge in [-0.25, -0.2) is 0 Å². The van der Waals surface area contributed by atoms with Crippen molar-refractivity contribution >= 4 is 0 Å². The zero-order valence-corrected chi connectivity index (χ0v) is 9.83. The molecule has 0 amide bonds. The summed E-state index contributed by atoms with van der Waals surface area (Å²) >= 11 is 0. The SMILES string of the molecule is CC1=CC(c2c(O)cc(C)cc2O)CCC1. The van der Waals surface area contributed by atoms with Gasteiger partial charge in [0.2, 0.25) is 0 Å². The van der Waals surface area contributed by atoms with Gasteiger partial charge in [0.25, 0.3) is 0 Å². The Morgan fingerprint density at radius 1 is 1.12 bits per heavy atom. The molecular formula is C14H18O2. The van der Waals surface area contributed by atoms with E-state index >= 15 is 0 Å². The minimum absolute atomic E-state index is 0.161. The van der Waals surface area contributed by atoms with Crippen LogP contribution < -0.4 is 0 Å². The molecule has 1 aliphatic rings. The van der Waals surface area contributed by atoms with Gasteiger partial charge in [0, 0.05) is 11.5 Å². The molecule has 16 heavy (non-hydrogen) atoms. The average Bonchev–Trinajstić information content (AvgIpc) is 2.15. The van der Waals surface area contributed by atoms with Crippen LogP contribution in [0.2, 0.25) is 0 Å². The first kappa shape index (κ1) is 11.1. The van der Waals surface area contributed by atoms with Crippen molar-refractivity contribution in [3.05, 3.63) is 34.9 Å². The Kier molecular flexibility index (Phi) is 2.90. The van der Waals surface area contributed by atoms with Gasteiger partial charge in [-0.3, -0.25) is 0 Å². The van der Waals surface area contributed by atoms with Crippen molar-refractivity contribution in [1.29, 1.82) is 0 Å². The largest absolute Gasteiger partial charge is 0.507 e. The highest BCUT2D eigenvalue weighted by Gasteiger charge is 2.20. The van der Waals surface area contributed by atoms with Crippen LogP contribution in [0.1, 0.15) is 43.2 Å². The van der Waals surface area contributed by atoms with E-state index in [1.165, 1.54) is 5.57 Å². The van der Waals surface area contributed by atoms with Crippen molar-refractivity contribution in [3.8, 4) is 11.5 Å². The normalized spacial score (nSPS) is 20.6. The molecule has 1 aliphatic carbocycles. The van der Waals surface area contributed by atoms with E-state index in [0.717, 1.165) is 24.8 Å². The molecule has 0 radical (unpaired) electrons. The average molecular weight is 218 g/mol. The molecule has 0 saturated heterocycles. The number of allylic oxidation sites excluding steroid dienone is 2. The Bertz CT molecular complexity index is 409. The summed E-state index contributed by atoms with van der Waals surface area (Å²) in [4.78, 5) is 0. The van der Waals surface area contributed by atoms with Gasteiger partial charge in [0.05, 0.1) is 0 Å². The summed E-state index contributed by atoms with van der Waals surface area (Å²) in [6.07, 6.45) is 5.42. The van der Waals surface area contributed by atoms with E-state index in [2.05, 4.69) is 13.0 Å². The molecule has 2 heteroatoms. The van der Waals surface area contributed by atoms with Crippen LogP contribution >= 0.6 is 0 Å². The van der Waals surface area contributed by atoms with Crippen molar-refractivity contribution in [2.75, 3.05) is 0 Å². The summed E-state index contributed by atoms with van der Waals surface area (Å²) in [7, 11) is 0. The summed E-state index contributed by atoms with van der Waals surface area (Å²) < 4.78 is 0. The van der Waals surface area contributed by atoms with Gasteiger partial charge in [-0.15, -0.1) is 0 Å². The van der Waals surface area contributed by atoms with Gasteiger partial charge < -0.3 is 10.2 Å². The number of benzene rings is 1. The maximum atomic E-state index is 9.92. The lowest BCUT2D eigenvalue weighted by Crippen LogP contribution is -2.03. The lowest BCUT2D eigenvalue weighted by molar-refractivity contribution is 0.428. The molecule has 0 spiro atoms. The van der Waals surface area contributed by atoms with Gasteiger partial charge >= 0.3 is 0 Å². The Balaban J connectivity index is 2.44. The summed E-state index contributed by atoms with van der Waals surface area (Å²) in [5.41, 5.74) is 2.91. The quantitative estimate of drug-likeness (QED) is 0.707. The van der Waals surface area contributed by atoms with E-state index in [-0.39, 0.29) is 17.4 Å². The van der Waals surface area contributed by atoms with E-state index in [9.17, 15) is 10.2 Å². The number of aromatic hydroxyl groups is 2. The summed E-state index contributed by atoms with van der Waals surface area (Å²) in [6.45, 7) is 3.97. The molecule has 0 saturated carbocycles. The monoisotopic (exact) mass is 218 g/mol. The molecule has 0 aliphatic heterocycles. The maximum Gasteiger partial charge on any atom is 0.123 e. The standard InChI is InChI=1S/C14H18O2/c1-9-4-3-5-11(6-9)14-12(15)7-10(2)8-13(14)16/h6-8,11,15-16H,3-5H2,1-2H3. The highest BCUT2D eigenvalue weighted by atomic mass is 16.3. The highest BCUT2D eigenvalue weighted by Crippen LogP contribution is 2.41. The second-order valence-corrected chi connectivity index (χ2v) is 4.73. The van der Waals surface area contributed by atoms with Gasteiger partial charge in [0.15, 0.2) is 0 Å². The van der Waals surface area contributed by atoms with Crippen LogP contribution in [-0.4, -0.2) is 10.2 Å². The van der Waals surface area contributed by atoms with Crippen LogP contribution in [0.5, 0.6) is 11.5 Å². The van der Waals surface area contributed by atoms with Gasteiger partial charge in [-0.2, -0.15) is 0 Å². The van der Waals surface area contributed by atoms with Crippen LogP contribution in [0.4, 0.5) is 0 Å². The van der Waals surface area contributed by atoms with Crippen LogP contribution in [0, 0.1) is 6.92 Å². The van der Waals surface area contributed by atoms with Crippen LogP contribution in [0.15, 0.2) is 23.8 Å². The van der Waals surface area contributed by atoms with Crippen molar-refractivity contribution in [3.63, 3.8) is 0 Å². The van der Waals surface area contributed by atoms with Crippen LogP contribution in [-0.2, 0) is 0 Å². The van der Waals surface area contributed by atoms with Crippen molar-refractivity contribution in [2.45, 2.75) is 39.0 Å². The summed E-state index contributed by atoms with van der Waals surface area (Å²) in [6, 6.07) is 3.43. The zero-order chi connectivity index (χ0) is 11.7. The van der Waals surface area contributed by atoms with E-state index < -0.39 is 0 Å². The van der Waals surface area contributed by atoms with Gasteiger partial charge in [0.1, 0.15) is 11.5 Å². The molecule has 86 valence electrons. The number of hydrogen-bond donors (Lipinski definition) is 2. The lowest BCUT2D eigenvalue weighted by Gasteiger charge is -2.21. The lowest BCUT2D eigenvalue weighted by atomic mass is 9.85. The second kappa shape index (κ2) is 4.20. The van der Waals surface area contributed by atoms with E-state index in [1.807, 2.05) is 6.92 Å². The topological polar surface area (TPSA) is 40.5 Å². The first-order valence-electron chi connectivity index (χ1n) is 5.77. The predicted octanol–water partition coefficient (Wildman–Crippen LogP) is 3.62. The number of phenolic OH excluding ortho intramolecular Hbond substituents is 2. The molecule has 1 aromatic carbocycles.